The summed E-state index contributed by atoms with van der Waals surface area (Å²) in [7, 11) is 1.83. The van der Waals surface area contributed by atoms with Crippen LogP contribution >= 0.6 is 0 Å². The molecule has 0 fully saturated rings. The third kappa shape index (κ3) is 3.77. The molecule has 0 bridgehead atoms. The number of aliphatic hydroxyl groups excluding tert-OH is 2. The first-order chi connectivity index (χ1) is 7.67. The first-order valence-corrected chi connectivity index (χ1v) is 5.20. The maximum atomic E-state index is 9.18. The van der Waals surface area contributed by atoms with Gasteiger partial charge in [-0.15, -0.1) is 0 Å². The predicted molar refractivity (Wildman–Crippen MR) is 60.3 cm³/mol. The molecule has 0 saturated carbocycles. The Morgan fingerprint density at radius 1 is 1.50 bits per heavy atom. The van der Waals surface area contributed by atoms with Crippen LogP contribution in [0, 0.1) is 6.92 Å². The third-order valence-corrected chi connectivity index (χ3v) is 2.06. The van der Waals surface area contributed by atoms with E-state index < -0.39 is 6.10 Å². The highest BCUT2D eigenvalue weighted by Gasteiger charge is 2.08. The maximum Gasteiger partial charge on any atom is 0.142 e. The smallest absolute Gasteiger partial charge is 0.142 e. The molecule has 0 aromatic carbocycles. The van der Waals surface area contributed by atoms with Crippen LogP contribution in [-0.2, 0) is 6.54 Å². The lowest BCUT2D eigenvalue weighted by Gasteiger charge is -2.13. The number of aryl methyl sites for hydroxylation is 1. The van der Waals surface area contributed by atoms with E-state index in [-0.39, 0.29) is 13.2 Å². The first kappa shape index (κ1) is 12.9. The maximum absolute atomic E-state index is 9.18. The Morgan fingerprint density at radius 2 is 2.25 bits per heavy atom. The predicted octanol–water partition coefficient (Wildman–Crippen LogP) is -0.159. The van der Waals surface area contributed by atoms with Gasteiger partial charge in [0.2, 0.25) is 0 Å². The van der Waals surface area contributed by atoms with Crippen molar-refractivity contribution in [2.45, 2.75) is 19.6 Å². The van der Waals surface area contributed by atoms with Crippen LogP contribution in [0.2, 0.25) is 0 Å². The quantitative estimate of drug-likeness (QED) is 0.628. The summed E-state index contributed by atoms with van der Waals surface area (Å²) in [4.78, 5) is 4.34. The number of aromatic nitrogens is 1. The fraction of sp³-hybridized carbons (Fsp3) is 0.545. The molecule has 16 heavy (non-hydrogen) atoms. The van der Waals surface area contributed by atoms with Crippen LogP contribution in [0.4, 0.5) is 0 Å². The summed E-state index contributed by atoms with van der Waals surface area (Å²) in [6, 6.07) is 3.67. The van der Waals surface area contributed by atoms with Crippen LogP contribution in [0.5, 0.6) is 5.75 Å². The molecule has 1 heterocycles. The summed E-state index contributed by atoms with van der Waals surface area (Å²) in [6.07, 6.45) is -0.858. The van der Waals surface area contributed by atoms with Crippen LogP contribution in [0.1, 0.15) is 11.4 Å². The van der Waals surface area contributed by atoms with E-state index in [4.69, 9.17) is 9.84 Å². The molecule has 1 aromatic heterocycles. The molecule has 5 heteroatoms. The summed E-state index contributed by atoms with van der Waals surface area (Å²) in [5, 5.41) is 20.9. The Hall–Kier alpha value is -1.17. The molecular formula is C11H18N2O3. The number of hydrogen-bond acceptors (Lipinski definition) is 5. The number of pyridine rings is 1. The number of rotatable bonds is 6. The number of hydrogen-bond donors (Lipinski definition) is 3. The van der Waals surface area contributed by atoms with Gasteiger partial charge in [0.05, 0.1) is 12.3 Å². The normalized spacial score (nSPS) is 12.5. The summed E-state index contributed by atoms with van der Waals surface area (Å²) in [5.74, 6) is 0.632. The number of nitrogens with zero attached hydrogens (tertiary/aromatic N) is 1. The summed E-state index contributed by atoms with van der Waals surface area (Å²) in [5.41, 5.74) is 1.72. The van der Waals surface area contributed by atoms with Crippen molar-refractivity contribution in [3.63, 3.8) is 0 Å². The van der Waals surface area contributed by atoms with E-state index in [1.54, 1.807) is 0 Å². The van der Waals surface area contributed by atoms with E-state index in [9.17, 15) is 5.11 Å². The van der Waals surface area contributed by atoms with Crippen molar-refractivity contribution in [2.75, 3.05) is 20.3 Å². The minimum absolute atomic E-state index is 0.0674. The molecule has 1 rings (SSSR count). The van der Waals surface area contributed by atoms with Gasteiger partial charge in [0.1, 0.15) is 18.5 Å². The van der Waals surface area contributed by atoms with Gasteiger partial charge in [0.25, 0.3) is 0 Å². The van der Waals surface area contributed by atoms with Crippen molar-refractivity contribution in [1.82, 2.24) is 10.3 Å². The summed E-state index contributed by atoms with van der Waals surface area (Å²) >= 11 is 0. The van der Waals surface area contributed by atoms with E-state index in [1.807, 2.05) is 26.1 Å². The molecule has 0 aliphatic carbocycles. The molecule has 0 aliphatic heterocycles. The number of nitrogens with one attached hydrogen (secondary N) is 1. The lowest BCUT2D eigenvalue weighted by molar-refractivity contribution is 0.0531. The van der Waals surface area contributed by atoms with Gasteiger partial charge >= 0.3 is 0 Å². The molecule has 1 atom stereocenters. The Bertz CT molecular complexity index is 331. The average molecular weight is 226 g/mol. The summed E-state index contributed by atoms with van der Waals surface area (Å²) < 4.78 is 5.38. The molecule has 90 valence electrons. The minimum atomic E-state index is -0.858. The van der Waals surface area contributed by atoms with Crippen LogP contribution in [-0.4, -0.2) is 41.6 Å². The Morgan fingerprint density at radius 3 is 2.88 bits per heavy atom. The van der Waals surface area contributed by atoms with E-state index in [2.05, 4.69) is 10.3 Å². The van der Waals surface area contributed by atoms with Gasteiger partial charge in [-0.2, -0.15) is 0 Å². The van der Waals surface area contributed by atoms with E-state index in [0.717, 1.165) is 11.4 Å². The second-order valence-electron chi connectivity index (χ2n) is 3.58. The zero-order valence-corrected chi connectivity index (χ0v) is 9.60. The van der Waals surface area contributed by atoms with E-state index >= 15 is 0 Å². The van der Waals surface area contributed by atoms with Gasteiger partial charge in [0.15, 0.2) is 0 Å². The second-order valence-corrected chi connectivity index (χ2v) is 3.58. The molecule has 5 nitrogen and oxygen atoms in total. The Balaban J connectivity index is 2.70. The van der Waals surface area contributed by atoms with Gasteiger partial charge in [0, 0.05) is 12.2 Å². The van der Waals surface area contributed by atoms with Crippen LogP contribution in [0.25, 0.3) is 0 Å². The van der Waals surface area contributed by atoms with Crippen molar-refractivity contribution in [2.24, 2.45) is 0 Å². The number of aliphatic hydroxyl groups is 2. The fourth-order valence-electron chi connectivity index (χ4n) is 1.26. The van der Waals surface area contributed by atoms with Gasteiger partial charge in [-0.25, -0.2) is 0 Å². The van der Waals surface area contributed by atoms with Crippen molar-refractivity contribution < 1.29 is 14.9 Å². The molecule has 0 aliphatic rings. The minimum Gasteiger partial charge on any atom is -0.489 e. The SMILES string of the molecule is CNCc1nc(C)ccc1OCC(O)CO. The van der Waals surface area contributed by atoms with Crippen LogP contribution < -0.4 is 10.1 Å². The van der Waals surface area contributed by atoms with E-state index in [1.165, 1.54) is 0 Å². The highest BCUT2D eigenvalue weighted by atomic mass is 16.5. The summed E-state index contributed by atoms with van der Waals surface area (Å²) in [6.45, 7) is 2.27. The standard InChI is InChI=1S/C11H18N2O3/c1-8-3-4-11(10(13-8)5-12-2)16-7-9(15)6-14/h3-4,9,12,14-15H,5-7H2,1-2H3. The Labute approximate surface area is 95.1 Å². The molecular weight excluding hydrogens is 208 g/mol. The lowest BCUT2D eigenvalue weighted by atomic mass is 10.3. The second kappa shape index (κ2) is 6.42. The van der Waals surface area contributed by atoms with Gasteiger partial charge in [-0.1, -0.05) is 0 Å². The van der Waals surface area contributed by atoms with Crippen LogP contribution in [0.15, 0.2) is 12.1 Å². The fourth-order valence-corrected chi connectivity index (χ4v) is 1.26. The van der Waals surface area contributed by atoms with E-state index in [0.29, 0.717) is 12.3 Å². The zero-order chi connectivity index (χ0) is 12.0. The molecule has 3 N–H and O–H groups in total. The molecule has 0 spiro atoms. The topological polar surface area (TPSA) is 74.6 Å². The molecule has 0 saturated heterocycles. The van der Waals surface area contributed by atoms with Crippen molar-refractivity contribution in [1.29, 1.82) is 0 Å². The Kier molecular flexibility index (Phi) is 5.18. The monoisotopic (exact) mass is 226 g/mol. The van der Waals surface area contributed by atoms with Crippen molar-refractivity contribution in [3.05, 3.63) is 23.5 Å². The van der Waals surface area contributed by atoms with Crippen LogP contribution in [0.3, 0.4) is 0 Å². The number of ether oxygens (including phenoxy) is 1. The largest absolute Gasteiger partial charge is 0.489 e. The van der Waals surface area contributed by atoms with Gasteiger partial charge in [-0.3, -0.25) is 4.98 Å². The third-order valence-electron chi connectivity index (χ3n) is 2.06. The van der Waals surface area contributed by atoms with Gasteiger partial charge in [-0.05, 0) is 26.1 Å². The average Bonchev–Trinajstić information content (AvgIpc) is 2.28. The van der Waals surface area contributed by atoms with Crippen molar-refractivity contribution >= 4 is 0 Å². The highest BCUT2D eigenvalue weighted by molar-refractivity contribution is 5.29. The van der Waals surface area contributed by atoms with Crippen molar-refractivity contribution in [3.8, 4) is 5.75 Å². The van der Waals surface area contributed by atoms with Gasteiger partial charge < -0.3 is 20.3 Å². The molecule has 1 unspecified atom stereocenters. The molecule has 0 radical (unpaired) electrons. The lowest BCUT2D eigenvalue weighted by Crippen LogP contribution is -2.22. The zero-order valence-electron chi connectivity index (χ0n) is 9.60. The highest BCUT2D eigenvalue weighted by Crippen LogP contribution is 2.16. The first-order valence-electron chi connectivity index (χ1n) is 5.20. The molecule has 1 aromatic rings. The molecule has 0 amide bonds.